The number of nitrogens with zero attached hydrogens (tertiary/aromatic N) is 1. The van der Waals surface area contributed by atoms with Crippen molar-refractivity contribution in [2.75, 3.05) is 0 Å². The first kappa shape index (κ1) is 7.51. The molecule has 1 aromatic heterocycles. The average molecular weight is 190 g/mol. The minimum absolute atomic E-state index is 0.863. The van der Waals surface area contributed by atoms with Crippen molar-refractivity contribution in [3.8, 4) is 0 Å². The van der Waals surface area contributed by atoms with Gasteiger partial charge in [0.05, 0.1) is 5.92 Å². The molecule has 0 amide bonds. The Morgan fingerprint density at radius 1 is 1.31 bits per heavy atom. The lowest BCUT2D eigenvalue weighted by Gasteiger charge is -1.86. The van der Waals surface area contributed by atoms with Gasteiger partial charge in [-0.3, -0.25) is 0 Å². The normalized spacial score (nSPS) is 16.7. The van der Waals surface area contributed by atoms with Crippen LogP contribution in [-0.2, 0) is 7.05 Å². The molecule has 1 nitrogen and oxygen atoms in total. The van der Waals surface area contributed by atoms with E-state index in [9.17, 15) is 0 Å². The largest absolute Gasteiger partial charge is 0.241 e. The fourth-order valence-corrected chi connectivity index (χ4v) is 3.13. The van der Waals surface area contributed by atoms with Gasteiger partial charge in [-0.05, 0) is 18.9 Å². The molecule has 0 atom stereocenters. The second kappa shape index (κ2) is 2.55. The standard InChI is InChI=1S/C11H12NS/c1-12-9-4-2-3-5-10(9)13-11(12)8-6-7-8/h2-5,8H,6-7H2,1H3/q+1. The Hall–Kier alpha value is -0.890. The average Bonchev–Trinajstić information content (AvgIpc) is 2.94. The van der Waals surface area contributed by atoms with E-state index in [4.69, 9.17) is 0 Å². The van der Waals surface area contributed by atoms with Crippen LogP contribution in [0.1, 0.15) is 23.8 Å². The van der Waals surface area contributed by atoms with Gasteiger partial charge in [-0.1, -0.05) is 23.5 Å². The third-order valence-electron chi connectivity index (χ3n) is 2.70. The minimum Gasteiger partial charge on any atom is -0.188 e. The first-order valence-electron chi connectivity index (χ1n) is 4.74. The van der Waals surface area contributed by atoms with Crippen molar-refractivity contribution in [1.29, 1.82) is 0 Å². The monoisotopic (exact) mass is 190 g/mol. The van der Waals surface area contributed by atoms with Gasteiger partial charge in [0, 0.05) is 6.07 Å². The van der Waals surface area contributed by atoms with E-state index in [1.54, 1.807) is 5.01 Å². The summed E-state index contributed by atoms with van der Waals surface area (Å²) in [6, 6.07) is 8.66. The van der Waals surface area contributed by atoms with E-state index in [-0.39, 0.29) is 0 Å². The number of aromatic nitrogens is 1. The SMILES string of the molecule is C[n+]1c(C2CC2)sc2ccccc21. The number of para-hydroxylation sites is 1. The van der Waals surface area contributed by atoms with Crippen LogP contribution < -0.4 is 4.57 Å². The lowest BCUT2D eigenvalue weighted by molar-refractivity contribution is -0.648. The zero-order valence-corrected chi connectivity index (χ0v) is 8.47. The number of hydrogen-bond donors (Lipinski definition) is 0. The van der Waals surface area contributed by atoms with Gasteiger partial charge in [-0.2, -0.15) is 4.57 Å². The first-order chi connectivity index (χ1) is 6.36. The lowest BCUT2D eigenvalue weighted by atomic mass is 10.3. The van der Waals surface area contributed by atoms with Crippen LogP contribution in [0, 0.1) is 0 Å². The lowest BCUT2D eigenvalue weighted by Crippen LogP contribution is -2.30. The van der Waals surface area contributed by atoms with Crippen LogP contribution in [0.25, 0.3) is 10.2 Å². The quantitative estimate of drug-likeness (QED) is 0.609. The molecule has 66 valence electrons. The highest BCUT2D eigenvalue weighted by atomic mass is 32.1. The molecule has 1 aliphatic carbocycles. The summed E-state index contributed by atoms with van der Waals surface area (Å²) in [6.07, 6.45) is 2.78. The first-order valence-corrected chi connectivity index (χ1v) is 5.55. The molecule has 0 unspecified atom stereocenters. The van der Waals surface area contributed by atoms with Crippen LogP contribution in [0.2, 0.25) is 0 Å². The van der Waals surface area contributed by atoms with E-state index in [0.717, 1.165) is 5.92 Å². The van der Waals surface area contributed by atoms with E-state index in [1.807, 2.05) is 11.3 Å². The van der Waals surface area contributed by atoms with Crippen molar-refractivity contribution in [3.63, 3.8) is 0 Å². The molecule has 2 aromatic rings. The number of fused-ring (bicyclic) bond motifs is 1. The van der Waals surface area contributed by atoms with Crippen molar-refractivity contribution < 1.29 is 4.57 Å². The molecule has 1 saturated carbocycles. The highest BCUT2D eigenvalue weighted by Gasteiger charge is 2.34. The summed E-state index contributed by atoms with van der Waals surface area (Å²) in [5.41, 5.74) is 1.38. The van der Waals surface area contributed by atoms with Gasteiger partial charge in [0.25, 0.3) is 0 Å². The van der Waals surface area contributed by atoms with Crippen LogP contribution >= 0.6 is 11.3 Å². The fourth-order valence-electron chi connectivity index (χ4n) is 1.81. The number of rotatable bonds is 1. The molecule has 0 radical (unpaired) electrons. The molecule has 3 rings (SSSR count). The van der Waals surface area contributed by atoms with Gasteiger partial charge in [0.15, 0.2) is 0 Å². The van der Waals surface area contributed by atoms with Crippen LogP contribution in [0.4, 0.5) is 0 Å². The maximum Gasteiger partial charge on any atom is 0.241 e. The summed E-state index contributed by atoms with van der Waals surface area (Å²) in [7, 11) is 2.19. The Morgan fingerprint density at radius 2 is 2.08 bits per heavy atom. The second-order valence-corrected chi connectivity index (χ2v) is 4.80. The van der Waals surface area contributed by atoms with E-state index in [2.05, 4.69) is 35.9 Å². The highest BCUT2D eigenvalue weighted by Crippen LogP contribution is 2.42. The zero-order valence-electron chi connectivity index (χ0n) is 7.66. The van der Waals surface area contributed by atoms with E-state index in [0.29, 0.717) is 0 Å². The molecule has 0 saturated heterocycles. The summed E-state index contributed by atoms with van der Waals surface area (Å²) in [5.74, 6) is 0.863. The third-order valence-corrected chi connectivity index (χ3v) is 4.08. The van der Waals surface area contributed by atoms with Crippen molar-refractivity contribution in [3.05, 3.63) is 29.3 Å². The number of hydrogen-bond acceptors (Lipinski definition) is 1. The molecule has 13 heavy (non-hydrogen) atoms. The number of aryl methyl sites for hydroxylation is 1. The van der Waals surface area contributed by atoms with Gasteiger partial charge in [0.2, 0.25) is 10.5 Å². The third kappa shape index (κ3) is 1.09. The molecular formula is C11H12NS+. The Labute approximate surface area is 81.6 Å². The molecule has 1 aromatic carbocycles. The zero-order chi connectivity index (χ0) is 8.84. The maximum absolute atomic E-state index is 2.36. The Balaban J connectivity index is 2.30. The Bertz CT molecular complexity index is 454. The molecule has 1 heterocycles. The van der Waals surface area contributed by atoms with Gasteiger partial charge in [-0.25, -0.2) is 0 Å². The summed E-state index contributed by atoms with van der Waals surface area (Å²) in [4.78, 5) is 0. The Morgan fingerprint density at radius 3 is 2.77 bits per heavy atom. The van der Waals surface area contributed by atoms with E-state index in [1.165, 1.54) is 23.1 Å². The summed E-state index contributed by atoms with van der Waals surface area (Å²) >= 11 is 1.96. The van der Waals surface area contributed by atoms with E-state index < -0.39 is 0 Å². The van der Waals surface area contributed by atoms with Crippen molar-refractivity contribution in [1.82, 2.24) is 0 Å². The molecule has 0 N–H and O–H groups in total. The van der Waals surface area contributed by atoms with Crippen molar-refractivity contribution in [2.24, 2.45) is 7.05 Å². The molecule has 1 fully saturated rings. The molecule has 2 heteroatoms. The Kier molecular flexibility index (Phi) is 1.47. The maximum atomic E-state index is 2.36. The molecule has 0 aliphatic heterocycles. The molecular weight excluding hydrogens is 178 g/mol. The van der Waals surface area contributed by atoms with Gasteiger partial charge >= 0.3 is 0 Å². The van der Waals surface area contributed by atoms with Gasteiger partial charge in [-0.15, -0.1) is 0 Å². The summed E-state index contributed by atoms with van der Waals surface area (Å²) in [6.45, 7) is 0. The highest BCUT2D eigenvalue weighted by molar-refractivity contribution is 7.18. The van der Waals surface area contributed by atoms with Crippen molar-refractivity contribution in [2.45, 2.75) is 18.8 Å². The second-order valence-electron chi connectivity index (χ2n) is 3.74. The fraction of sp³-hybridized carbons (Fsp3) is 0.364. The van der Waals surface area contributed by atoms with Crippen LogP contribution in [0.5, 0.6) is 0 Å². The summed E-state index contributed by atoms with van der Waals surface area (Å²) in [5, 5.41) is 1.56. The van der Waals surface area contributed by atoms with Crippen LogP contribution in [-0.4, -0.2) is 0 Å². The van der Waals surface area contributed by atoms with Gasteiger partial charge < -0.3 is 0 Å². The minimum atomic E-state index is 0.863. The number of benzene rings is 1. The van der Waals surface area contributed by atoms with Gasteiger partial charge in [0.1, 0.15) is 11.7 Å². The molecule has 1 aliphatic rings. The van der Waals surface area contributed by atoms with Crippen LogP contribution in [0.3, 0.4) is 0 Å². The smallest absolute Gasteiger partial charge is 0.188 e. The number of thiazole rings is 1. The predicted molar refractivity (Wildman–Crippen MR) is 55.0 cm³/mol. The topological polar surface area (TPSA) is 3.88 Å². The van der Waals surface area contributed by atoms with Crippen LogP contribution in [0.15, 0.2) is 24.3 Å². The molecule has 0 bridgehead atoms. The summed E-state index contributed by atoms with van der Waals surface area (Å²) < 4.78 is 3.78. The predicted octanol–water partition coefficient (Wildman–Crippen LogP) is 2.60. The molecule has 0 spiro atoms. The van der Waals surface area contributed by atoms with E-state index >= 15 is 0 Å². The van der Waals surface area contributed by atoms with Crippen molar-refractivity contribution >= 4 is 21.6 Å².